The molecule has 132 valence electrons. The third kappa shape index (κ3) is 4.37. The highest BCUT2D eigenvalue weighted by molar-refractivity contribution is 7.89. The molecule has 2 aromatic carbocycles. The van der Waals surface area contributed by atoms with E-state index in [4.69, 9.17) is 4.74 Å². The van der Waals surface area contributed by atoms with Crippen molar-refractivity contribution in [3.63, 3.8) is 0 Å². The van der Waals surface area contributed by atoms with Crippen LogP contribution in [0.5, 0.6) is 5.75 Å². The van der Waals surface area contributed by atoms with E-state index in [-0.39, 0.29) is 23.5 Å². The van der Waals surface area contributed by atoms with E-state index in [9.17, 15) is 13.2 Å². The number of carbonyl (C=O) groups excluding carboxylic acids is 1. The molecule has 0 saturated carbocycles. The number of amides is 1. The maximum Gasteiger partial charge on any atom is 0.240 e. The Bertz CT molecular complexity index is 866. The topological polar surface area (TPSA) is 84.5 Å². The van der Waals surface area contributed by atoms with Gasteiger partial charge in [-0.05, 0) is 49.2 Å². The molecule has 1 amide bonds. The molecule has 25 heavy (non-hydrogen) atoms. The summed E-state index contributed by atoms with van der Waals surface area (Å²) in [5.74, 6) is 0.645. The molecule has 1 aliphatic rings. The van der Waals surface area contributed by atoms with Gasteiger partial charge in [-0.15, -0.1) is 0 Å². The third-order valence-corrected chi connectivity index (χ3v) is 5.35. The molecule has 0 radical (unpaired) electrons. The van der Waals surface area contributed by atoms with Gasteiger partial charge in [-0.2, -0.15) is 0 Å². The van der Waals surface area contributed by atoms with Crippen LogP contribution in [0.25, 0.3) is 0 Å². The lowest BCUT2D eigenvalue weighted by Gasteiger charge is -2.18. The van der Waals surface area contributed by atoms with Gasteiger partial charge in [0.2, 0.25) is 15.9 Å². The van der Waals surface area contributed by atoms with Crippen LogP contribution in [0.15, 0.2) is 53.4 Å². The van der Waals surface area contributed by atoms with E-state index in [0.717, 1.165) is 5.56 Å². The van der Waals surface area contributed by atoms with Crippen molar-refractivity contribution in [3.8, 4) is 5.75 Å². The van der Waals surface area contributed by atoms with Gasteiger partial charge in [-0.25, -0.2) is 13.1 Å². The average Bonchev–Trinajstić information content (AvgIpc) is 2.60. The van der Waals surface area contributed by atoms with Crippen molar-refractivity contribution in [1.82, 2.24) is 4.72 Å². The molecule has 0 saturated heterocycles. The Morgan fingerprint density at radius 3 is 2.68 bits per heavy atom. The molecule has 1 unspecified atom stereocenters. The SMILES string of the molecule is CC(CNS(=O)(=O)c1ccc2c(c1)CCC(=O)N2)Oc1ccccc1. The fourth-order valence-corrected chi connectivity index (χ4v) is 3.78. The molecular weight excluding hydrogens is 340 g/mol. The van der Waals surface area contributed by atoms with E-state index in [2.05, 4.69) is 10.0 Å². The molecule has 3 rings (SSSR count). The lowest BCUT2D eigenvalue weighted by atomic mass is 10.0. The molecule has 0 spiro atoms. The Balaban J connectivity index is 1.65. The van der Waals surface area contributed by atoms with Gasteiger partial charge in [-0.3, -0.25) is 4.79 Å². The van der Waals surface area contributed by atoms with Crippen LogP contribution < -0.4 is 14.8 Å². The van der Waals surface area contributed by atoms with E-state index in [0.29, 0.717) is 24.3 Å². The summed E-state index contributed by atoms with van der Waals surface area (Å²) in [6.07, 6.45) is 0.596. The first-order chi connectivity index (χ1) is 11.9. The Kier molecular flexibility index (Phi) is 5.06. The lowest BCUT2D eigenvalue weighted by Crippen LogP contribution is -2.33. The van der Waals surface area contributed by atoms with Gasteiger partial charge in [0.1, 0.15) is 11.9 Å². The minimum Gasteiger partial charge on any atom is -0.489 e. The number of para-hydroxylation sites is 1. The Morgan fingerprint density at radius 1 is 1.16 bits per heavy atom. The van der Waals surface area contributed by atoms with Gasteiger partial charge in [0.25, 0.3) is 0 Å². The van der Waals surface area contributed by atoms with Crippen molar-refractivity contribution in [2.45, 2.75) is 30.8 Å². The van der Waals surface area contributed by atoms with Crippen LogP contribution >= 0.6 is 0 Å². The first kappa shape index (κ1) is 17.4. The molecular formula is C18H20N2O4S. The van der Waals surface area contributed by atoms with Crippen molar-refractivity contribution in [2.75, 3.05) is 11.9 Å². The quantitative estimate of drug-likeness (QED) is 0.828. The monoisotopic (exact) mass is 360 g/mol. The third-order valence-electron chi connectivity index (χ3n) is 3.92. The highest BCUT2D eigenvalue weighted by Gasteiger charge is 2.20. The fraction of sp³-hybridized carbons (Fsp3) is 0.278. The fourth-order valence-electron chi connectivity index (χ4n) is 2.61. The maximum absolute atomic E-state index is 12.5. The molecule has 2 aromatic rings. The largest absolute Gasteiger partial charge is 0.489 e. The number of anilines is 1. The number of sulfonamides is 1. The van der Waals surface area contributed by atoms with E-state index in [1.54, 1.807) is 19.1 Å². The van der Waals surface area contributed by atoms with Crippen LogP contribution in [-0.2, 0) is 21.2 Å². The summed E-state index contributed by atoms with van der Waals surface area (Å²) in [6, 6.07) is 14.0. The Morgan fingerprint density at radius 2 is 1.92 bits per heavy atom. The molecule has 6 nitrogen and oxygen atoms in total. The van der Waals surface area contributed by atoms with E-state index in [1.807, 2.05) is 30.3 Å². The van der Waals surface area contributed by atoms with Crippen LogP contribution in [0.2, 0.25) is 0 Å². The zero-order valence-electron chi connectivity index (χ0n) is 13.9. The average molecular weight is 360 g/mol. The highest BCUT2D eigenvalue weighted by atomic mass is 32.2. The predicted molar refractivity (Wildman–Crippen MR) is 95.1 cm³/mol. The van der Waals surface area contributed by atoms with Crippen molar-refractivity contribution in [3.05, 3.63) is 54.1 Å². The summed E-state index contributed by atoms with van der Waals surface area (Å²) in [6.45, 7) is 1.96. The second kappa shape index (κ2) is 7.25. The first-order valence-electron chi connectivity index (χ1n) is 8.08. The van der Waals surface area contributed by atoms with Crippen molar-refractivity contribution in [1.29, 1.82) is 0 Å². The van der Waals surface area contributed by atoms with Gasteiger partial charge in [0.15, 0.2) is 0 Å². The van der Waals surface area contributed by atoms with Crippen molar-refractivity contribution in [2.24, 2.45) is 0 Å². The number of nitrogens with one attached hydrogen (secondary N) is 2. The molecule has 1 aliphatic heterocycles. The molecule has 1 heterocycles. The van der Waals surface area contributed by atoms with E-state index < -0.39 is 10.0 Å². The molecule has 0 aromatic heterocycles. The molecule has 0 aliphatic carbocycles. The summed E-state index contributed by atoms with van der Waals surface area (Å²) in [4.78, 5) is 11.6. The number of fused-ring (bicyclic) bond motifs is 1. The van der Waals surface area contributed by atoms with Gasteiger partial charge < -0.3 is 10.1 Å². The van der Waals surface area contributed by atoms with Crippen LogP contribution in [0, 0.1) is 0 Å². The molecule has 1 atom stereocenters. The predicted octanol–water partition coefficient (Wildman–Crippen LogP) is 2.32. The van der Waals surface area contributed by atoms with Crippen molar-refractivity contribution >= 4 is 21.6 Å². The smallest absolute Gasteiger partial charge is 0.240 e. The van der Waals surface area contributed by atoms with E-state index >= 15 is 0 Å². The molecule has 0 fully saturated rings. The van der Waals surface area contributed by atoms with Crippen LogP contribution in [-0.4, -0.2) is 27.0 Å². The van der Waals surface area contributed by atoms with Crippen LogP contribution in [0.1, 0.15) is 18.9 Å². The van der Waals surface area contributed by atoms with Crippen LogP contribution in [0.3, 0.4) is 0 Å². The number of ether oxygens (including phenoxy) is 1. The maximum atomic E-state index is 12.5. The lowest BCUT2D eigenvalue weighted by molar-refractivity contribution is -0.116. The minimum absolute atomic E-state index is 0.0480. The molecule has 2 N–H and O–H groups in total. The van der Waals surface area contributed by atoms with Crippen LogP contribution in [0.4, 0.5) is 5.69 Å². The minimum atomic E-state index is -3.64. The number of benzene rings is 2. The second-order valence-corrected chi connectivity index (χ2v) is 7.73. The summed E-state index contributed by atoms with van der Waals surface area (Å²) in [5, 5.41) is 2.74. The summed E-state index contributed by atoms with van der Waals surface area (Å²) in [5.41, 5.74) is 1.51. The van der Waals surface area contributed by atoms with E-state index in [1.165, 1.54) is 6.07 Å². The summed E-state index contributed by atoms with van der Waals surface area (Å²) >= 11 is 0. The number of aryl methyl sites for hydroxylation is 1. The normalized spacial score (nSPS) is 15.2. The van der Waals surface area contributed by atoms with Gasteiger partial charge in [-0.1, -0.05) is 18.2 Å². The summed E-state index contributed by atoms with van der Waals surface area (Å²) < 4.78 is 33.2. The number of hydrogen-bond donors (Lipinski definition) is 2. The second-order valence-electron chi connectivity index (χ2n) is 5.96. The Hall–Kier alpha value is -2.38. The first-order valence-corrected chi connectivity index (χ1v) is 9.56. The Labute approximate surface area is 147 Å². The zero-order chi connectivity index (χ0) is 17.9. The molecule has 0 bridgehead atoms. The number of carbonyl (C=O) groups is 1. The van der Waals surface area contributed by atoms with Gasteiger partial charge in [0, 0.05) is 18.7 Å². The van der Waals surface area contributed by atoms with Crippen molar-refractivity contribution < 1.29 is 17.9 Å². The van der Waals surface area contributed by atoms with Gasteiger partial charge in [0.05, 0.1) is 4.90 Å². The standard InChI is InChI=1S/C18H20N2O4S/c1-13(24-15-5-3-2-4-6-15)12-19-25(22,23)16-8-9-17-14(11-16)7-10-18(21)20-17/h2-6,8-9,11,13,19H,7,10,12H2,1H3,(H,20,21). The molecule has 7 heteroatoms. The van der Waals surface area contributed by atoms with Gasteiger partial charge >= 0.3 is 0 Å². The number of hydrogen-bond acceptors (Lipinski definition) is 4. The number of rotatable bonds is 6. The highest BCUT2D eigenvalue weighted by Crippen LogP contribution is 2.25. The zero-order valence-corrected chi connectivity index (χ0v) is 14.7. The summed E-state index contributed by atoms with van der Waals surface area (Å²) in [7, 11) is -3.64.